The van der Waals surface area contributed by atoms with Gasteiger partial charge in [0.15, 0.2) is 0 Å². The largest absolute Gasteiger partial charge is 0.480 e. The molecule has 1 saturated carbocycles. The number of nitrogens with one attached hydrogen (secondary N) is 2. The third kappa shape index (κ3) is 5.16. The lowest BCUT2D eigenvalue weighted by atomic mass is 10.1. The number of hydrogen-bond donors (Lipinski definition) is 3. The van der Waals surface area contributed by atoms with Crippen LogP contribution in [0.3, 0.4) is 0 Å². The first-order chi connectivity index (χ1) is 8.54. The van der Waals surface area contributed by atoms with Crippen LogP contribution in [0.4, 0.5) is 0 Å². The van der Waals surface area contributed by atoms with Gasteiger partial charge in [0.25, 0.3) is 0 Å². The first-order valence-corrected chi connectivity index (χ1v) is 6.33. The fourth-order valence-electron chi connectivity index (χ4n) is 1.75. The van der Waals surface area contributed by atoms with Crippen LogP contribution in [-0.2, 0) is 14.4 Å². The number of amides is 2. The second kappa shape index (κ2) is 6.98. The Balaban J connectivity index is 2.20. The molecule has 18 heavy (non-hydrogen) atoms. The molecule has 1 atom stereocenters. The Morgan fingerprint density at radius 3 is 2.33 bits per heavy atom. The van der Waals surface area contributed by atoms with Gasteiger partial charge in [-0.2, -0.15) is 0 Å². The van der Waals surface area contributed by atoms with Crippen LogP contribution in [0.2, 0.25) is 0 Å². The Morgan fingerprint density at radius 1 is 1.22 bits per heavy atom. The van der Waals surface area contributed by atoms with Crippen LogP contribution in [0, 0.1) is 5.92 Å². The number of carboxylic acids is 1. The van der Waals surface area contributed by atoms with Crippen molar-refractivity contribution in [3.05, 3.63) is 0 Å². The normalized spacial score (nSPS) is 15.8. The third-order valence-electron chi connectivity index (χ3n) is 2.86. The number of aliphatic carboxylic acids is 1. The number of carbonyl (C=O) groups is 3. The summed E-state index contributed by atoms with van der Waals surface area (Å²) in [5, 5.41) is 14.1. The molecule has 3 N–H and O–H groups in total. The Labute approximate surface area is 106 Å². The quantitative estimate of drug-likeness (QED) is 0.581. The molecular formula is C12H20N2O4. The average molecular weight is 256 g/mol. The summed E-state index contributed by atoms with van der Waals surface area (Å²) in [6, 6.07) is -0.762. The minimum absolute atomic E-state index is 0.0786. The monoisotopic (exact) mass is 256 g/mol. The van der Waals surface area contributed by atoms with Gasteiger partial charge in [0.05, 0.1) is 0 Å². The van der Waals surface area contributed by atoms with Crippen molar-refractivity contribution >= 4 is 17.8 Å². The van der Waals surface area contributed by atoms with E-state index in [1.54, 1.807) is 0 Å². The molecule has 102 valence electrons. The Kier molecular flexibility index (Phi) is 5.61. The molecule has 0 aromatic rings. The second-order valence-electron chi connectivity index (χ2n) is 4.53. The average Bonchev–Trinajstić information content (AvgIpc) is 3.09. The highest BCUT2D eigenvalue weighted by Crippen LogP contribution is 2.32. The van der Waals surface area contributed by atoms with Crippen molar-refractivity contribution in [3.8, 4) is 0 Å². The summed E-state index contributed by atoms with van der Waals surface area (Å²) in [5.74, 6) is -1.27. The molecule has 0 spiro atoms. The minimum Gasteiger partial charge on any atom is -0.480 e. The number of carboxylic acid groups (broad SMARTS) is 1. The van der Waals surface area contributed by atoms with E-state index in [0.29, 0.717) is 19.4 Å². The van der Waals surface area contributed by atoms with E-state index in [0.717, 1.165) is 12.8 Å². The molecule has 6 heteroatoms. The van der Waals surface area contributed by atoms with Gasteiger partial charge in [-0.3, -0.25) is 9.59 Å². The fourth-order valence-corrected chi connectivity index (χ4v) is 1.75. The standard InChI is InChI=1S/C12H20N2O4/c1-2-13-9(15)4-3-5-10(16)14-11(12(17)18)8-6-7-8/h8,11H,2-7H2,1H3,(H,13,15)(H,14,16)(H,17,18). The maximum atomic E-state index is 11.5. The van der Waals surface area contributed by atoms with Crippen LogP contribution in [0.5, 0.6) is 0 Å². The summed E-state index contributed by atoms with van der Waals surface area (Å²) >= 11 is 0. The fraction of sp³-hybridized carbons (Fsp3) is 0.750. The summed E-state index contributed by atoms with van der Waals surface area (Å²) in [4.78, 5) is 33.6. The van der Waals surface area contributed by atoms with E-state index in [2.05, 4.69) is 10.6 Å². The smallest absolute Gasteiger partial charge is 0.326 e. The molecule has 0 heterocycles. The van der Waals surface area contributed by atoms with Crippen molar-refractivity contribution < 1.29 is 19.5 Å². The molecule has 6 nitrogen and oxygen atoms in total. The zero-order valence-electron chi connectivity index (χ0n) is 10.6. The van der Waals surface area contributed by atoms with Gasteiger partial charge in [-0.1, -0.05) is 0 Å². The highest BCUT2D eigenvalue weighted by Gasteiger charge is 2.37. The molecular weight excluding hydrogens is 236 g/mol. The van der Waals surface area contributed by atoms with E-state index >= 15 is 0 Å². The molecule has 0 bridgehead atoms. The van der Waals surface area contributed by atoms with E-state index in [-0.39, 0.29) is 24.2 Å². The number of rotatable bonds is 8. The van der Waals surface area contributed by atoms with Gasteiger partial charge in [-0.25, -0.2) is 4.79 Å². The minimum atomic E-state index is -0.977. The third-order valence-corrected chi connectivity index (χ3v) is 2.86. The topological polar surface area (TPSA) is 95.5 Å². The van der Waals surface area contributed by atoms with Gasteiger partial charge in [0.1, 0.15) is 6.04 Å². The van der Waals surface area contributed by atoms with E-state index in [1.807, 2.05) is 6.92 Å². The van der Waals surface area contributed by atoms with Crippen molar-refractivity contribution in [2.75, 3.05) is 6.54 Å². The Morgan fingerprint density at radius 2 is 1.83 bits per heavy atom. The van der Waals surface area contributed by atoms with Crippen LogP contribution in [0.15, 0.2) is 0 Å². The van der Waals surface area contributed by atoms with Crippen molar-refractivity contribution in [1.29, 1.82) is 0 Å². The van der Waals surface area contributed by atoms with Crippen LogP contribution in [-0.4, -0.2) is 35.5 Å². The number of hydrogen-bond acceptors (Lipinski definition) is 3. The van der Waals surface area contributed by atoms with Crippen LogP contribution in [0.25, 0.3) is 0 Å². The summed E-state index contributed by atoms with van der Waals surface area (Å²) in [6.07, 6.45) is 2.64. The zero-order valence-corrected chi connectivity index (χ0v) is 10.6. The molecule has 1 aliphatic carbocycles. The second-order valence-corrected chi connectivity index (χ2v) is 4.53. The van der Waals surface area contributed by atoms with Gasteiger partial charge in [0.2, 0.25) is 11.8 Å². The number of carbonyl (C=O) groups excluding carboxylic acids is 2. The molecule has 0 aliphatic heterocycles. The molecule has 0 saturated heterocycles. The van der Waals surface area contributed by atoms with Crippen molar-refractivity contribution in [3.63, 3.8) is 0 Å². The predicted molar refractivity (Wildman–Crippen MR) is 64.8 cm³/mol. The van der Waals surface area contributed by atoms with Gasteiger partial charge in [-0.05, 0) is 32.1 Å². The maximum absolute atomic E-state index is 11.5. The molecule has 1 aliphatic rings. The molecule has 1 rings (SSSR count). The molecule has 0 aromatic heterocycles. The van der Waals surface area contributed by atoms with E-state index in [4.69, 9.17) is 5.11 Å². The lowest BCUT2D eigenvalue weighted by Gasteiger charge is -2.13. The van der Waals surface area contributed by atoms with Crippen molar-refractivity contribution in [2.45, 2.75) is 45.1 Å². The van der Waals surface area contributed by atoms with E-state index in [9.17, 15) is 14.4 Å². The van der Waals surface area contributed by atoms with Gasteiger partial charge in [-0.15, -0.1) is 0 Å². The van der Waals surface area contributed by atoms with Gasteiger partial charge >= 0.3 is 5.97 Å². The highest BCUT2D eigenvalue weighted by atomic mass is 16.4. The summed E-state index contributed by atoms with van der Waals surface area (Å²) in [7, 11) is 0. The Bertz CT molecular complexity index is 326. The first-order valence-electron chi connectivity index (χ1n) is 6.33. The molecule has 2 amide bonds. The SMILES string of the molecule is CCNC(=O)CCCC(=O)NC(C(=O)O)C1CC1. The lowest BCUT2D eigenvalue weighted by molar-refractivity contribution is -0.142. The molecule has 1 fully saturated rings. The summed E-state index contributed by atoms with van der Waals surface area (Å²) in [5.41, 5.74) is 0. The summed E-state index contributed by atoms with van der Waals surface area (Å²) < 4.78 is 0. The first kappa shape index (κ1) is 14.5. The van der Waals surface area contributed by atoms with E-state index in [1.165, 1.54) is 0 Å². The highest BCUT2D eigenvalue weighted by molar-refractivity contribution is 5.84. The Hall–Kier alpha value is -1.59. The van der Waals surface area contributed by atoms with E-state index < -0.39 is 12.0 Å². The molecule has 0 aromatic carbocycles. The van der Waals surface area contributed by atoms with Gasteiger partial charge in [0, 0.05) is 19.4 Å². The maximum Gasteiger partial charge on any atom is 0.326 e. The molecule has 0 radical (unpaired) electrons. The van der Waals surface area contributed by atoms with Crippen molar-refractivity contribution in [1.82, 2.24) is 10.6 Å². The van der Waals surface area contributed by atoms with Crippen molar-refractivity contribution in [2.24, 2.45) is 5.92 Å². The van der Waals surface area contributed by atoms with Crippen LogP contribution < -0.4 is 10.6 Å². The predicted octanol–water partition coefficient (Wildman–Crippen LogP) is 0.272. The van der Waals surface area contributed by atoms with Crippen LogP contribution in [0.1, 0.15) is 39.0 Å². The van der Waals surface area contributed by atoms with Gasteiger partial charge < -0.3 is 15.7 Å². The van der Waals surface area contributed by atoms with Crippen LogP contribution >= 0.6 is 0 Å². The molecule has 1 unspecified atom stereocenters. The summed E-state index contributed by atoms with van der Waals surface area (Å²) in [6.45, 7) is 2.41. The zero-order chi connectivity index (χ0) is 13.5. The lowest BCUT2D eigenvalue weighted by Crippen LogP contribution is -2.42.